The van der Waals surface area contributed by atoms with E-state index in [-0.39, 0.29) is 23.4 Å². The molecule has 4 amide bonds. The Morgan fingerprint density at radius 2 is 1.79 bits per heavy atom. The topological polar surface area (TPSA) is 102 Å². The fraction of sp³-hybridized carbons (Fsp3) is 0.143. The molecule has 1 fully saturated rings. The Balaban J connectivity index is 1.66. The van der Waals surface area contributed by atoms with Gasteiger partial charge in [-0.15, -0.1) is 0 Å². The van der Waals surface area contributed by atoms with Gasteiger partial charge in [0.1, 0.15) is 11.3 Å². The van der Waals surface area contributed by atoms with E-state index in [0.29, 0.717) is 27.2 Å². The van der Waals surface area contributed by atoms with Gasteiger partial charge < -0.3 is 9.47 Å². The molecule has 1 saturated heterocycles. The average Bonchev–Trinajstić information content (AvgIpc) is 2.89. The predicted octanol–water partition coefficient (Wildman–Crippen LogP) is 5.55. The number of hydrogen-bond donors (Lipinski definition) is 1. The molecule has 0 atom stereocenters. The summed E-state index contributed by atoms with van der Waals surface area (Å²) in [6.07, 6.45) is 1.88. The number of methoxy groups -OCH3 is 1. The van der Waals surface area contributed by atoms with Crippen LogP contribution in [-0.4, -0.2) is 37.5 Å². The summed E-state index contributed by atoms with van der Waals surface area (Å²) in [6, 6.07) is 15.8. The molecule has 10 heteroatoms. The van der Waals surface area contributed by atoms with Crippen molar-refractivity contribution < 1.29 is 28.7 Å². The lowest BCUT2D eigenvalue weighted by molar-refractivity contribution is -0.122. The van der Waals surface area contributed by atoms with Crippen molar-refractivity contribution in [1.82, 2.24) is 5.32 Å². The average molecular weight is 598 g/mol. The number of benzene rings is 3. The van der Waals surface area contributed by atoms with E-state index in [2.05, 4.69) is 21.2 Å². The third-order valence-corrected chi connectivity index (χ3v) is 6.85. The fourth-order valence-electron chi connectivity index (χ4n) is 3.92. The van der Waals surface area contributed by atoms with Crippen LogP contribution in [0, 0.1) is 0 Å². The molecule has 8 nitrogen and oxygen atoms in total. The number of halogens is 2. The number of nitrogens with zero attached hydrogens (tertiary/aromatic N) is 1. The van der Waals surface area contributed by atoms with Crippen molar-refractivity contribution >= 4 is 63.1 Å². The van der Waals surface area contributed by atoms with Gasteiger partial charge in [-0.2, -0.15) is 0 Å². The van der Waals surface area contributed by atoms with E-state index >= 15 is 0 Å². The van der Waals surface area contributed by atoms with Gasteiger partial charge in [-0.1, -0.05) is 45.7 Å². The molecule has 1 aliphatic heterocycles. The third-order valence-electron chi connectivity index (χ3n) is 5.77. The highest BCUT2D eigenvalue weighted by molar-refractivity contribution is 9.10. The fourth-order valence-corrected chi connectivity index (χ4v) is 4.72. The zero-order chi connectivity index (χ0) is 27.4. The van der Waals surface area contributed by atoms with Gasteiger partial charge in [-0.25, -0.2) is 14.5 Å². The highest BCUT2D eigenvalue weighted by Gasteiger charge is 2.37. The molecule has 0 saturated carbocycles. The van der Waals surface area contributed by atoms with E-state index in [9.17, 15) is 19.2 Å². The van der Waals surface area contributed by atoms with E-state index in [1.54, 1.807) is 25.1 Å². The summed E-state index contributed by atoms with van der Waals surface area (Å²) in [5.41, 5.74) is 2.45. The van der Waals surface area contributed by atoms with Crippen LogP contribution in [0.15, 0.2) is 70.7 Å². The molecule has 1 N–H and O–H groups in total. The van der Waals surface area contributed by atoms with Crippen molar-refractivity contribution in [2.45, 2.75) is 13.3 Å². The van der Waals surface area contributed by atoms with Crippen LogP contribution in [0.5, 0.6) is 5.75 Å². The second kappa shape index (κ2) is 11.6. The first-order chi connectivity index (χ1) is 18.2. The lowest BCUT2D eigenvalue weighted by Gasteiger charge is -2.26. The molecule has 194 valence electrons. The summed E-state index contributed by atoms with van der Waals surface area (Å²) in [6.45, 7) is 1.90. The maximum absolute atomic E-state index is 13.3. The molecule has 0 radical (unpaired) electrons. The maximum atomic E-state index is 13.3. The second-order valence-electron chi connectivity index (χ2n) is 8.18. The van der Waals surface area contributed by atoms with Crippen molar-refractivity contribution in [2.75, 3.05) is 18.6 Å². The summed E-state index contributed by atoms with van der Waals surface area (Å²) in [5, 5.41) is 2.81. The first-order valence-corrected chi connectivity index (χ1v) is 12.7. The number of nitrogens with one attached hydrogen (secondary N) is 1. The lowest BCUT2D eigenvalue weighted by Crippen LogP contribution is -2.54. The Labute approximate surface area is 232 Å². The van der Waals surface area contributed by atoms with Crippen LogP contribution in [0.3, 0.4) is 0 Å². The number of esters is 1. The monoisotopic (exact) mass is 596 g/mol. The van der Waals surface area contributed by atoms with Crippen LogP contribution in [0.2, 0.25) is 5.02 Å². The van der Waals surface area contributed by atoms with Crippen LogP contribution in [0.4, 0.5) is 10.5 Å². The van der Waals surface area contributed by atoms with E-state index in [1.165, 1.54) is 37.5 Å². The van der Waals surface area contributed by atoms with Crippen LogP contribution in [0.1, 0.15) is 34.0 Å². The smallest absolute Gasteiger partial charge is 0.338 e. The summed E-state index contributed by atoms with van der Waals surface area (Å²) >= 11 is 9.89. The van der Waals surface area contributed by atoms with Gasteiger partial charge in [0, 0.05) is 21.5 Å². The van der Waals surface area contributed by atoms with Crippen molar-refractivity contribution in [2.24, 2.45) is 0 Å². The zero-order valence-electron chi connectivity index (χ0n) is 20.4. The standard InChI is InChI=1S/C28H22BrClN2O6/c1-3-38-27(35)17-8-10-19(11-9-17)32-26(34)21(25(33)31-28(32)36)12-16-13-22(29)20(24(14-16)37-2)15-18-6-4-5-7-23(18)30/h4-14H,3,15H2,1-2H3,(H,31,33,36)/b21-12+. The van der Waals surface area contributed by atoms with Crippen molar-refractivity contribution in [1.29, 1.82) is 0 Å². The molecule has 38 heavy (non-hydrogen) atoms. The van der Waals surface area contributed by atoms with Crippen LogP contribution in [0.25, 0.3) is 6.08 Å². The van der Waals surface area contributed by atoms with Crippen molar-refractivity contribution in [3.63, 3.8) is 0 Å². The van der Waals surface area contributed by atoms with E-state index in [4.69, 9.17) is 21.1 Å². The van der Waals surface area contributed by atoms with E-state index in [0.717, 1.165) is 16.0 Å². The normalized spacial score (nSPS) is 14.5. The maximum Gasteiger partial charge on any atom is 0.338 e. The Morgan fingerprint density at radius 1 is 1.08 bits per heavy atom. The molecule has 1 heterocycles. The Bertz CT molecular complexity index is 1470. The van der Waals surface area contributed by atoms with Gasteiger partial charge in [0.15, 0.2) is 0 Å². The molecule has 0 unspecified atom stereocenters. The molecule has 0 bridgehead atoms. The minimum Gasteiger partial charge on any atom is -0.496 e. The van der Waals surface area contributed by atoms with Gasteiger partial charge in [0.05, 0.1) is 25.0 Å². The number of ether oxygens (including phenoxy) is 2. The van der Waals surface area contributed by atoms with E-state index < -0.39 is 23.8 Å². The summed E-state index contributed by atoms with van der Waals surface area (Å²) in [7, 11) is 1.52. The third kappa shape index (κ3) is 5.64. The molecule has 4 rings (SSSR count). The molecule has 1 aliphatic rings. The molecular formula is C28H22BrClN2O6. The first-order valence-electron chi connectivity index (χ1n) is 11.5. The van der Waals surface area contributed by atoms with Crippen LogP contribution >= 0.6 is 27.5 Å². The zero-order valence-corrected chi connectivity index (χ0v) is 22.8. The number of hydrogen-bond acceptors (Lipinski definition) is 6. The highest BCUT2D eigenvalue weighted by Crippen LogP contribution is 2.34. The Kier molecular flexibility index (Phi) is 8.29. The van der Waals surface area contributed by atoms with Gasteiger partial charge >= 0.3 is 12.0 Å². The highest BCUT2D eigenvalue weighted by atomic mass is 79.9. The number of barbiturate groups is 1. The van der Waals surface area contributed by atoms with Crippen LogP contribution < -0.4 is 15.0 Å². The molecule has 0 aliphatic carbocycles. The van der Waals surface area contributed by atoms with E-state index in [1.807, 2.05) is 18.2 Å². The quantitative estimate of drug-likeness (QED) is 0.218. The number of carbonyl (C=O) groups excluding carboxylic acids is 4. The molecule has 3 aromatic rings. The molecule has 3 aromatic carbocycles. The minimum absolute atomic E-state index is 0.188. The Morgan fingerprint density at radius 3 is 2.45 bits per heavy atom. The van der Waals surface area contributed by atoms with Crippen molar-refractivity contribution in [3.05, 3.63) is 98.0 Å². The lowest BCUT2D eigenvalue weighted by atomic mass is 10.0. The Hall–Kier alpha value is -3.95. The predicted molar refractivity (Wildman–Crippen MR) is 146 cm³/mol. The van der Waals surface area contributed by atoms with Gasteiger partial charge in [0.25, 0.3) is 11.8 Å². The minimum atomic E-state index is -0.894. The summed E-state index contributed by atoms with van der Waals surface area (Å²) in [4.78, 5) is 51.2. The number of imide groups is 2. The first kappa shape index (κ1) is 27.1. The van der Waals surface area contributed by atoms with Crippen LogP contribution in [-0.2, 0) is 20.7 Å². The molecule has 0 spiro atoms. The second-order valence-corrected chi connectivity index (χ2v) is 9.44. The summed E-state index contributed by atoms with van der Waals surface area (Å²) in [5.74, 6) is -1.63. The summed E-state index contributed by atoms with van der Waals surface area (Å²) < 4.78 is 11.2. The van der Waals surface area contributed by atoms with Crippen molar-refractivity contribution in [3.8, 4) is 5.75 Å². The number of amides is 4. The SMILES string of the molecule is CCOC(=O)c1ccc(N2C(=O)NC(=O)/C(=C\c3cc(Br)c(Cc4ccccc4Cl)c(OC)c3)C2=O)cc1. The number of carbonyl (C=O) groups is 4. The number of urea groups is 1. The molecule has 0 aromatic heterocycles. The number of anilines is 1. The van der Waals surface area contributed by atoms with Gasteiger partial charge in [-0.05, 0) is 66.6 Å². The van der Waals surface area contributed by atoms with Gasteiger partial charge in [-0.3, -0.25) is 14.9 Å². The van der Waals surface area contributed by atoms with Gasteiger partial charge in [0.2, 0.25) is 0 Å². The largest absolute Gasteiger partial charge is 0.496 e. The molecular weight excluding hydrogens is 576 g/mol. The number of rotatable bonds is 7.